The molecule has 1 aliphatic heterocycles. The van der Waals surface area contributed by atoms with Crippen LogP contribution in [0.4, 0.5) is 5.69 Å². The largest absolute Gasteiger partial charge is 0.493 e. The average molecular weight is 524 g/mol. The SMILES string of the molecule is CN=C(NCc1cccc(OC)c1OC)NC(C)c1cccc(N2CCCC2)c1.I. The van der Waals surface area contributed by atoms with Crippen LogP contribution in [-0.2, 0) is 6.54 Å². The van der Waals surface area contributed by atoms with Gasteiger partial charge in [0.05, 0.1) is 20.3 Å². The molecule has 1 unspecified atom stereocenters. The van der Waals surface area contributed by atoms with E-state index in [0.717, 1.165) is 36.1 Å². The Morgan fingerprint density at radius 1 is 1.10 bits per heavy atom. The van der Waals surface area contributed by atoms with Gasteiger partial charge in [0.2, 0.25) is 0 Å². The van der Waals surface area contributed by atoms with Crippen molar-refractivity contribution in [1.82, 2.24) is 10.6 Å². The summed E-state index contributed by atoms with van der Waals surface area (Å²) in [6.07, 6.45) is 2.56. The highest BCUT2D eigenvalue weighted by molar-refractivity contribution is 14.0. The molecule has 0 saturated carbocycles. The van der Waals surface area contributed by atoms with Crippen LogP contribution in [-0.4, -0.2) is 40.3 Å². The first-order valence-corrected chi connectivity index (χ1v) is 10.2. The van der Waals surface area contributed by atoms with Crippen molar-refractivity contribution in [3.05, 3.63) is 53.6 Å². The maximum absolute atomic E-state index is 5.52. The molecule has 0 aliphatic carbocycles. The Kier molecular flexibility index (Phi) is 9.55. The van der Waals surface area contributed by atoms with Gasteiger partial charge in [-0.25, -0.2) is 0 Å². The molecular weight excluding hydrogens is 491 g/mol. The van der Waals surface area contributed by atoms with E-state index in [-0.39, 0.29) is 30.0 Å². The van der Waals surface area contributed by atoms with Crippen molar-refractivity contribution in [2.75, 3.05) is 39.3 Å². The highest BCUT2D eigenvalue weighted by Gasteiger charge is 2.15. The van der Waals surface area contributed by atoms with Gasteiger partial charge in [-0.1, -0.05) is 24.3 Å². The van der Waals surface area contributed by atoms with Crippen molar-refractivity contribution in [3.63, 3.8) is 0 Å². The van der Waals surface area contributed by atoms with Gasteiger partial charge in [0.25, 0.3) is 0 Å². The molecule has 0 spiro atoms. The lowest BCUT2D eigenvalue weighted by molar-refractivity contribution is 0.351. The van der Waals surface area contributed by atoms with E-state index in [1.165, 1.54) is 24.1 Å². The molecular formula is C23H33IN4O2. The minimum Gasteiger partial charge on any atom is -0.493 e. The van der Waals surface area contributed by atoms with E-state index in [1.807, 2.05) is 18.2 Å². The Hall–Kier alpha value is -2.16. The van der Waals surface area contributed by atoms with Crippen molar-refractivity contribution in [2.45, 2.75) is 32.4 Å². The summed E-state index contributed by atoms with van der Waals surface area (Å²) in [4.78, 5) is 6.84. The molecule has 1 atom stereocenters. The van der Waals surface area contributed by atoms with Crippen LogP contribution in [0.25, 0.3) is 0 Å². The Morgan fingerprint density at radius 2 is 1.83 bits per heavy atom. The Morgan fingerprint density at radius 3 is 2.50 bits per heavy atom. The minimum absolute atomic E-state index is 0. The lowest BCUT2D eigenvalue weighted by Gasteiger charge is -2.22. The van der Waals surface area contributed by atoms with Crippen molar-refractivity contribution < 1.29 is 9.47 Å². The van der Waals surface area contributed by atoms with E-state index in [9.17, 15) is 0 Å². The third-order valence-electron chi connectivity index (χ3n) is 5.35. The van der Waals surface area contributed by atoms with Crippen molar-refractivity contribution in [1.29, 1.82) is 0 Å². The molecule has 30 heavy (non-hydrogen) atoms. The average Bonchev–Trinajstić information content (AvgIpc) is 3.31. The molecule has 2 N–H and O–H groups in total. The molecule has 0 bridgehead atoms. The molecule has 1 fully saturated rings. The molecule has 0 radical (unpaired) electrons. The lowest BCUT2D eigenvalue weighted by Crippen LogP contribution is -2.38. The molecule has 6 nitrogen and oxygen atoms in total. The summed E-state index contributed by atoms with van der Waals surface area (Å²) in [5.41, 5.74) is 3.56. The van der Waals surface area contributed by atoms with Crippen LogP contribution in [0.1, 0.15) is 36.9 Å². The van der Waals surface area contributed by atoms with Crippen LogP contribution in [0.5, 0.6) is 11.5 Å². The Labute approximate surface area is 197 Å². The predicted molar refractivity (Wildman–Crippen MR) is 135 cm³/mol. The summed E-state index contributed by atoms with van der Waals surface area (Å²) >= 11 is 0. The van der Waals surface area contributed by atoms with Gasteiger partial charge in [0.15, 0.2) is 17.5 Å². The fourth-order valence-electron chi connectivity index (χ4n) is 3.72. The topological polar surface area (TPSA) is 58.1 Å². The number of nitrogens with zero attached hydrogens (tertiary/aromatic N) is 2. The first kappa shape index (κ1) is 24.1. The third-order valence-corrected chi connectivity index (χ3v) is 5.35. The second-order valence-corrected chi connectivity index (χ2v) is 7.23. The number of guanidine groups is 1. The minimum atomic E-state index is 0. The number of halogens is 1. The standard InChI is InChI=1S/C23H32N4O2.HI/c1-17(18-9-7-11-20(15-18)27-13-5-6-14-27)26-23(24-2)25-16-19-10-8-12-21(28-3)22(19)29-4;/h7-12,15,17H,5-6,13-14,16H2,1-4H3,(H2,24,25,26);1H. The van der Waals surface area contributed by atoms with Crippen molar-refractivity contribution >= 4 is 35.6 Å². The molecule has 3 rings (SSSR count). The number of benzene rings is 2. The van der Waals surface area contributed by atoms with Crippen LogP contribution >= 0.6 is 24.0 Å². The zero-order valence-electron chi connectivity index (χ0n) is 18.3. The fourth-order valence-corrected chi connectivity index (χ4v) is 3.72. The fraction of sp³-hybridized carbons (Fsp3) is 0.435. The third kappa shape index (κ3) is 5.93. The van der Waals surface area contributed by atoms with Crippen LogP contribution in [0.2, 0.25) is 0 Å². The number of ether oxygens (including phenoxy) is 2. The number of hydrogen-bond acceptors (Lipinski definition) is 4. The van der Waals surface area contributed by atoms with Gasteiger partial charge in [-0.2, -0.15) is 0 Å². The van der Waals surface area contributed by atoms with E-state index in [0.29, 0.717) is 6.54 Å². The second kappa shape index (κ2) is 11.9. The zero-order valence-corrected chi connectivity index (χ0v) is 20.6. The smallest absolute Gasteiger partial charge is 0.191 e. The van der Waals surface area contributed by atoms with Crippen LogP contribution in [0, 0.1) is 0 Å². The molecule has 2 aromatic carbocycles. The van der Waals surface area contributed by atoms with Crippen molar-refractivity contribution in [2.24, 2.45) is 4.99 Å². The van der Waals surface area contributed by atoms with Gasteiger partial charge in [-0.05, 0) is 43.5 Å². The number of nitrogens with one attached hydrogen (secondary N) is 2. The van der Waals surface area contributed by atoms with Gasteiger partial charge >= 0.3 is 0 Å². The number of anilines is 1. The van der Waals surface area contributed by atoms with E-state index in [4.69, 9.17) is 9.47 Å². The lowest BCUT2D eigenvalue weighted by atomic mass is 10.1. The Bertz CT molecular complexity index is 838. The summed E-state index contributed by atoms with van der Waals surface area (Å²) < 4.78 is 10.9. The number of para-hydroxylation sites is 1. The molecule has 7 heteroatoms. The summed E-state index contributed by atoms with van der Waals surface area (Å²) in [6, 6.07) is 14.8. The maximum atomic E-state index is 5.52. The number of aliphatic imine (C=N–C) groups is 1. The van der Waals surface area contributed by atoms with Crippen LogP contribution < -0.4 is 25.0 Å². The van der Waals surface area contributed by atoms with Gasteiger partial charge in [-0.3, -0.25) is 4.99 Å². The van der Waals surface area contributed by atoms with Gasteiger partial charge in [0, 0.05) is 37.9 Å². The van der Waals surface area contributed by atoms with Crippen molar-refractivity contribution in [3.8, 4) is 11.5 Å². The molecule has 1 aliphatic rings. The quantitative estimate of drug-likeness (QED) is 0.321. The first-order chi connectivity index (χ1) is 14.2. The number of rotatable bonds is 7. The predicted octanol–water partition coefficient (Wildman–Crippen LogP) is 4.35. The van der Waals surface area contributed by atoms with Crippen LogP contribution in [0.15, 0.2) is 47.5 Å². The molecule has 1 saturated heterocycles. The summed E-state index contributed by atoms with van der Waals surface area (Å²) in [6.45, 7) is 5.04. The zero-order chi connectivity index (χ0) is 20.6. The second-order valence-electron chi connectivity index (χ2n) is 7.23. The van der Waals surface area contributed by atoms with E-state index in [1.54, 1.807) is 21.3 Å². The highest BCUT2D eigenvalue weighted by Crippen LogP contribution is 2.30. The summed E-state index contributed by atoms with van der Waals surface area (Å²) in [5, 5.41) is 6.86. The maximum Gasteiger partial charge on any atom is 0.191 e. The molecule has 1 heterocycles. The van der Waals surface area contributed by atoms with Gasteiger partial charge < -0.3 is 25.0 Å². The van der Waals surface area contributed by atoms with Crippen LogP contribution in [0.3, 0.4) is 0 Å². The van der Waals surface area contributed by atoms with E-state index in [2.05, 4.69) is 51.7 Å². The first-order valence-electron chi connectivity index (χ1n) is 10.2. The highest BCUT2D eigenvalue weighted by atomic mass is 127. The van der Waals surface area contributed by atoms with E-state index < -0.39 is 0 Å². The normalized spacial score (nSPS) is 14.7. The Balaban J connectivity index is 0.00000320. The summed E-state index contributed by atoms with van der Waals surface area (Å²) in [5.74, 6) is 2.21. The molecule has 2 aromatic rings. The molecule has 164 valence electrons. The molecule has 0 amide bonds. The number of hydrogen-bond donors (Lipinski definition) is 2. The number of methoxy groups -OCH3 is 2. The van der Waals surface area contributed by atoms with Gasteiger partial charge in [-0.15, -0.1) is 24.0 Å². The van der Waals surface area contributed by atoms with E-state index >= 15 is 0 Å². The van der Waals surface area contributed by atoms with Gasteiger partial charge in [0.1, 0.15) is 0 Å². The monoisotopic (exact) mass is 524 g/mol. The molecule has 0 aromatic heterocycles. The summed E-state index contributed by atoms with van der Waals surface area (Å²) in [7, 11) is 5.09.